The van der Waals surface area contributed by atoms with Gasteiger partial charge in [0.1, 0.15) is 5.15 Å². The summed E-state index contributed by atoms with van der Waals surface area (Å²) in [6.07, 6.45) is 3.59. The van der Waals surface area contributed by atoms with Gasteiger partial charge < -0.3 is 9.31 Å². The summed E-state index contributed by atoms with van der Waals surface area (Å²) in [6.45, 7) is 8.10. The molecule has 1 saturated heterocycles. The molecule has 0 N–H and O–H groups in total. The SMILES string of the molecule is CC1(C)OB(C(=Cc2cc(Br)cnc2Cl)CS)OC1(C)C. The molecular weight excluding hydrogens is 372 g/mol. The van der Waals surface area contributed by atoms with Crippen molar-refractivity contribution in [3.05, 3.63) is 32.9 Å². The number of hydrogen-bond acceptors (Lipinski definition) is 4. The molecule has 1 aliphatic heterocycles. The Balaban J connectivity index is 2.33. The van der Waals surface area contributed by atoms with Crippen LogP contribution in [-0.4, -0.2) is 29.1 Å². The van der Waals surface area contributed by atoms with Crippen LogP contribution in [0.3, 0.4) is 0 Å². The van der Waals surface area contributed by atoms with Crippen LogP contribution in [0.25, 0.3) is 6.08 Å². The molecule has 1 fully saturated rings. The average molecular weight is 391 g/mol. The molecule has 0 aromatic carbocycles. The summed E-state index contributed by atoms with van der Waals surface area (Å²) in [5.41, 5.74) is 0.974. The van der Waals surface area contributed by atoms with Gasteiger partial charge in [0.2, 0.25) is 0 Å². The smallest absolute Gasteiger partial charge is 0.400 e. The van der Waals surface area contributed by atoms with E-state index in [1.807, 2.05) is 39.8 Å². The van der Waals surface area contributed by atoms with Crippen LogP contribution in [0.1, 0.15) is 33.3 Å². The Bertz CT molecular complexity index is 564. The van der Waals surface area contributed by atoms with Crippen molar-refractivity contribution in [2.75, 3.05) is 5.75 Å². The van der Waals surface area contributed by atoms with Gasteiger partial charge in [-0.15, -0.1) is 0 Å². The lowest BCUT2D eigenvalue weighted by atomic mass is 9.78. The van der Waals surface area contributed by atoms with E-state index in [0.29, 0.717) is 10.9 Å². The molecule has 3 nitrogen and oxygen atoms in total. The largest absolute Gasteiger partial charge is 0.491 e. The number of hydrogen-bond donors (Lipinski definition) is 1. The highest BCUT2D eigenvalue weighted by atomic mass is 79.9. The van der Waals surface area contributed by atoms with Crippen molar-refractivity contribution in [3.8, 4) is 0 Å². The van der Waals surface area contributed by atoms with Gasteiger partial charge in [-0.3, -0.25) is 0 Å². The maximum absolute atomic E-state index is 6.13. The first-order valence-corrected chi connectivity index (χ1v) is 8.44. The number of aromatic nitrogens is 1. The van der Waals surface area contributed by atoms with E-state index in [1.54, 1.807) is 6.20 Å². The standard InChI is InChI=1S/C14H18BBrClNO2S/c1-13(2)14(3,4)20-15(19-13)10(8-21)5-9-6-11(16)7-18-12(9)17/h5-7,21H,8H2,1-4H3. The zero-order valence-electron chi connectivity index (χ0n) is 12.5. The van der Waals surface area contributed by atoms with Gasteiger partial charge in [0, 0.05) is 22.0 Å². The summed E-state index contributed by atoms with van der Waals surface area (Å²) in [6, 6.07) is 1.91. The molecule has 2 rings (SSSR count). The van der Waals surface area contributed by atoms with E-state index in [0.717, 1.165) is 15.5 Å². The predicted molar refractivity (Wildman–Crippen MR) is 94.9 cm³/mol. The van der Waals surface area contributed by atoms with Gasteiger partial charge in [0.05, 0.1) is 11.2 Å². The first kappa shape index (κ1) is 17.4. The quantitative estimate of drug-likeness (QED) is 0.470. The summed E-state index contributed by atoms with van der Waals surface area (Å²) in [5, 5.41) is 0.439. The zero-order chi connectivity index (χ0) is 15.8. The van der Waals surface area contributed by atoms with Gasteiger partial charge in [-0.2, -0.15) is 12.6 Å². The van der Waals surface area contributed by atoms with E-state index < -0.39 is 7.12 Å². The fraction of sp³-hybridized carbons (Fsp3) is 0.500. The minimum Gasteiger partial charge on any atom is -0.400 e. The van der Waals surface area contributed by atoms with Crippen LogP contribution in [0, 0.1) is 0 Å². The molecule has 7 heteroatoms. The van der Waals surface area contributed by atoms with Gasteiger partial charge >= 0.3 is 7.12 Å². The molecular formula is C14H18BBrClNO2S. The van der Waals surface area contributed by atoms with E-state index >= 15 is 0 Å². The second kappa shape index (κ2) is 6.24. The third kappa shape index (κ3) is 3.67. The number of thiol groups is 1. The van der Waals surface area contributed by atoms with E-state index in [1.165, 1.54) is 0 Å². The van der Waals surface area contributed by atoms with Crippen LogP contribution < -0.4 is 0 Å². The van der Waals surface area contributed by atoms with Gasteiger partial charge in [0.15, 0.2) is 0 Å². The third-order valence-electron chi connectivity index (χ3n) is 3.91. The highest BCUT2D eigenvalue weighted by Crippen LogP contribution is 2.39. The maximum Gasteiger partial charge on any atom is 0.491 e. The molecule has 2 heterocycles. The summed E-state index contributed by atoms with van der Waals surface area (Å²) < 4.78 is 13.0. The molecule has 0 radical (unpaired) electrons. The predicted octanol–water partition coefficient (Wildman–Crippen LogP) is 4.44. The monoisotopic (exact) mass is 389 g/mol. The number of pyridine rings is 1. The number of nitrogens with zero attached hydrogens (tertiary/aromatic N) is 1. The Morgan fingerprint density at radius 1 is 1.38 bits per heavy atom. The molecule has 1 aromatic rings. The van der Waals surface area contributed by atoms with Gasteiger partial charge in [0.25, 0.3) is 0 Å². The van der Waals surface area contributed by atoms with Gasteiger partial charge in [-0.25, -0.2) is 4.98 Å². The van der Waals surface area contributed by atoms with E-state index in [4.69, 9.17) is 20.9 Å². The fourth-order valence-corrected chi connectivity index (χ4v) is 2.67. The van der Waals surface area contributed by atoms with Crippen LogP contribution in [0.2, 0.25) is 5.15 Å². The van der Waals surface area contributed by atoms with Crippen LogP contribution >= 0.6 is 40.2 Å². The lowest BCUT2D eigenvalue weighted by Crippen LogP contribution is -2.41. The van der Waals surface area contributed by atoms with Crippen molar-refractivity contribution in [2.45, 2.75) is 38.9 Å². The molecule has 1 aliphatic rings. The van der Waals surface area contributed by atoms with Crippen molar-refractivity contribution in [3.63, 3.8) is 0 Å². The molecule has 114 valence electrons. The molecule has 1 aromatic heterocycles. The second-order valence-corrected chi connectivity index (χ2v) is 7.59. The molecule has 0 saturated carbocycles. The lowest BCUT2D eigenvalue weighted by molar-refractivity contribution is 0.00578. The lowest BCUT2D eigenvalue weighted by Gasteiger charge is -2.32. The Morgan fingerprint density at radius 3 is 2.48 bits per heavy atom. The first-order chi connectivity index (χ1) is 9.66. The van der Waals surface area contributed by atoms with Crippen molar-refractivity contribution >= 4 is 53.4 Å². The van der Waals surface area contributed by atoms with Crippen molar-refractivity contribution in [2.24, 2.45) is 0 Å². The molecule has 21 heavy (non-hydrogen) atoms. The highest BCUT2D eigenvalue weighted by Gasteiger charge is 2.52. The minimum atomic E-state index is -0.428. The van der Waals surface area contributed by atoms with Crippen molar-refractivity contribution in [1.82, 2.24) is 4.98 Å². The first-order valence-electron chi connectivity index (χ1n) is 6.64. The van der Waals surface area contributed by atoms with Crippen molar-refractivity contribution < 1.29 is 9.31 Å². The normalized spacial score (nSPS) is 20.9. The summed E-state index contributed by atoms with van der Waals surface area (Å²) >= 11 is 13.9. The summed E-state index contributed by atoms with van der Waals surface area (Å²) in [7, 11) is -0.428. The van der Waals surface area contributed by atoms with Crippen LogP contribution in [0.5, 0.6) is 0 Å². The maximum atomic E-state index is 6.13. The molecule has 0 atom stereocenters. The topological polar surface area (TPSA) is 31.4 Å². The molecule has 0 bridgehead atoms. The summed E-state index contributed by atoms with van der Waals surface area (Å²) in [4.78, 5) is 4.12. The zero-order valence-corrected chi connectivity index (χ0v) is 15.7. The van der Waals surface area contributed by atoms with E-state index in [9.17, 15) is 0 Å². The van der Waals surface area contributed by atoms with Gasteiger partial charge in [-0.05, 0) is 55.2 Å². The summed E-state index contributed by atoms with van der Waals surface area (Å²) in [5.74, 6) is 0.514. The van der Waals surface area contributed by atoms with E-state index in [2.05, 4.69) is 33.5 Å². The minimum absolute atomic E-state index is 0.376. The highest BCUT2D eigenvalue weighted by molar-refractivity contribution is 9.10. The Kier molecular flexibility index (Phi) is 5.16. The Hall–Kier alpha value is -0.00506. The second-order valence-electron chi connectivity index (χ2n) is 6.00. The number of halogens is 2. The third-order valence-corrected chi connectivity index (χ3v) is 5.03. The fourth-order valence-electron chi connectivity index (χ4n) is 1.92. The average Bonchev–Trinajstić information content (AvgIpc) is 2.59. The number of rotatable bonds is 3. The van der Waals surface area contributed by atoms with Crippen LogP contribution in [-0.2, 0) is 9.31 Å². The molecule has 0 aliphatic carbocycles. The van der Waals surface area contributed by atoms with Crippen molar-refractivity contribution in [1.29, 1.82) is 0 Å². The molecule has 0 spiro atoms. The van der Waals surface area contributed by atoms with E-state index in [-0.39, 0.29) is 11.2 Å². The Labute approximate surface area is 145 Å². The molecule has 0 amide bonds. The van der Waals surface area contributed by atoms with Gasteiger partial charge in [-0.1, -0.05) is 17.7 Å². The van der Waals surface area contributed by atoms with Crippen LogP contribution in [0.15, 0.2) is 22.2 Å². The Morgan fingerprint density at radius 2 is 1.95 bits per heavy atom. The molecule has 0 unspecified atom stereocenters. The van der Waals surface area contributed by atoms with Crippen LogP contribution in [0.4, 0.5) is 0 Å².